The second kappa shape index (κ2) is 7.58. The van der Waals surface area contributed by atoms with Gasteiger partial charge in [-0.25, -0.2) is 13.1 Å². The molecule has 21 heavy (non-hydrogen) atoms. The van der Waals surface area contributed by atoms with Gasteiger partial charge in [-0.15, -0.1) is 0 Å². The summed E-state index contributed by atoms with van der Waals surface area (Å²) in [7, 11) is 1.10. The van der Waals surface area contributed by atoms with Gasteiger partial charge in [-0.05, 0) is 32.4 Å². The third kappa shape index (κ3) is 4.55. The number of nitrogens with zero attached hydrogens (tertiary/aromatic N) is 2. The second-order valence-electron chi connectivity index (χ2n) is 4.89. The summed E-state index contributed by atoms with van der Waals surface area (Å²) in [4.78, 5) is 13.9. The number of aliphatic hydroxyl groups excluding tert-OH is 1. The molecule has 1 heterocycles. The molecule has 0 fully saturated rings. The molecule has 0 radical (unpaired) electrons. The van der Waals surface area contributed by atoms with Gasteiger partial charge in [-0.3, -0.25) is 4.79 Å². The fraction of sp³-hybridized carbons (Fsp3) is 0.615. The van der Waals surface area contributed by atoms with Crippen LogP contribution in [0.4, 0.5) is 0 Å². The van der Waals surface area contributed by atoms with E-state index < -0.39 is 10.0 Å². The van der Waals surface area contributed by atoms with Crippen molar-refractivity contribution in [3.05, 3.63) is 18.0 Å². The standard InChI is InChI=1S/C13H23N3O4S/c1-14-21(19,20)11-9-12(16(3)10-11)13(18)15(2)7-5-4-6-8-17/h9-10,14,17H,4-8H2,1-3H3. The van der Waals surface area contributed by atoms with Crippen LogP contribution in [0, 0.1) is 0 Å². The fourth-order valence-electron chi connectivity index (χ4n) is 1.95. The highest BCUT2D eigenvalue weighted by atomic mass is 32.2. The summed E-state index contributed by atoms with van der Waals surface area (Å²) in [5.74, 6) is -0.223. The number of unbranched alkanes of at least 4 members (excludes halogenated alkanes) is 2. The fourth-order valence-corrected chi connectivity index (χ4v) is 2.75. The number of carbonyl (C=O) groups excluding carboxylic acids is 1. The Balaban J connectivity index is 2.79. The lowest BCUT2D eigenvalue weighted by Gasteiger charge is -2.17. The number of sulfonamides is 1. The summed E-state index contributed by atoms with van der Waals surface area (Å²) in [5, 5.41) is 8.71. The van der Waals surface area contributed by atoms with Crippen molar-refractivity contribution >= 4 is 15.9 Å². The van der Waals surface area contributed by atoms with Crippen LogP contribution in [0.15, 0.2) is 17.2 Å². The summed E-state index contributed by atoms with van der Waals surface area (Å²) in [5.41, 5.74) is 0.327. The van der Waals surface area contributed by atoms with Gasteiger partial charge in [0, 0.05) is 33.4 Å². The quantitative estimate of drug-likeness (QED) is 0.669. The number of aliphatic hydroxyl groups is 1. The van der Waals surface area contributed by atoms with Crippen molar-refractivity contribution in [3.8, 4) is 0 Å². The maximum atomic E-state index is 12.3. The summed E-state index contributed by atoms with van der Waals surface area (Å²) < 4.78 is 27.2. The maximum Gasteiger partial charge on any atom is 0.270 e. The molecule has 8 heteroatoms. The van der Waals surface area contributed by atoms with E-state index >= 15 is 0 Å². The summed E-state index contributed by atoms with van der Waals surface area (Å²) in [6.45, 7) is 0.721. The molecule has 0 unspecified atom stereocenters. The highest BCUT2D eigenvalue weighted by Crippen LogP contribution is 2.14. The third-order valence-electron chi connectivity index (χ3n) is 3.28. The van der Waals surface area contributed by atoms with Crippen LogP contribution < -0.4 is 4.72 Å². The van der Waals surface area contributed by atoms with E-state index in [2.05, 4.69) is 4.72 Å². The molecule has 0 saturated heterocycles. The van der Waals surface area contributed by atoms with Crippen molar-refractivity contribution in [3.63, 3.8) is 0 Å². The third-order valence-corrected chi connectivity index (χ3v) is 4.66. The van der Waals surface area contributed by atoms with Gasteiger partial charge in [0.25, 0.3) is 5.91 Å². The Labute approximate surface area is 125 Å². The average Bonchev–Trinajstić information content (AvgIpc) is 2.85. The second-order valence-corrected chi connectivity index (χ2v) is 6.78. The molecule has 0 aliphatic carbocycles. The zero-order valence-electron chi connectivity index (χ0n) is 12.7. The SMILES string of the molecule is CNS(=O)(=O)c1cc(C(=O)N(C)CCCCCO)n(C)c1. The molecular formula is C13H23N3O4S. The molecule has 120 valence electrons. The van der Waals surface area contributed by atoms with Gasteiger partial charge in [0.15, 0.2) is 0 Å². The minimum absolute atomic E-state index is 0.0736. The Morgan fingerprint density at radius 1 is 1.38 bits per heavy atom. The number of amides is 1. The molecule has 0 saturated carbocycles. The Kier molecular flexibility index (Phi) is 6.38. The van der Waals surface area contributed by atoms with Crippen LogP contribution in [0.25, 0.3) is 0 Å². The predicted molar refractivity (Wildman–Crippen MR) is 79.6 cm³/mol. The van der Waals surface area contributed by atoms with Crippen LogP contribution in [0.1, 0.15) is 29.8 Å². The maximum absolute atomic E-state index is 12.3. The van der Waals surface area contributed by atoms with E-state index in [1.54, 1.807) is 19.0 Å². The molecule has 1 amide bonds. The number of rotatable bonds is 8. The van der Waals surface area contributed by atoms with Crippen LogP contribution in [0.5, 0.6) is 0 Å². The van der Waals surface area contributed by atoms with Crippen LogP contribution >= 0.6 is 0 Å². The Morgan fingerprint density at radius 2 is 2.05 bits per heavy atom. The van der Waals surface area contributed by atoms with E-state index in [-0.39, 0.29) is 17.4 Å². The molecule has 2 N–H and O–H groups in total. The van der Waals surface area contributed by atoms with Gasteiger partial charge >= 0.3 is 0 Å². The van der Waals surface area contributed by atoms with Gasteiger partial charge in [-0.1, -0.05) is 0 Å². The molecule has 1 aromatic heterocycles. The Hall–Kier alpha value is -1.38. The lowest BCUT2D eigenvalue weighted by molar-refractivity contribution is 0.0782. The lowest BCUT2D eigenvalue weighted by atomic mass is 10.2. The van der Waals surface area contributed by atoms with Crippen LogP contribution in [0.2, 0.25) is 0 Å². The summed E-state index contributed by atoms with van der Waals surface area (Å²) in [6, 6.07) is 1.37. The van der Waals surface area contributed by atoms with Crippen molar-refractivity contribution in [2.45, 2.75) is 24.2 Å². The first-order valence-electron chi connectivity index (χ1n) is 6.79. The van der Waals surface area contributed by atoms with E-state index in [1.807, 2.05) is 0 Å². The molecule has 1 aromatic rings. The average molecular weight is 317 g/mol. The lowest BCUT2D eigenvalue weighted by Crippen LogP contribution is -2.29. The van der Waals surface area contributed by atoms with Crippen LogP contribution in [-0.2, 0) is 17.1 Å². The van der Waals surface area contributed by atoms with Crippen molar-refractivity contribution in [2.75, 3.05) is 27.2 Å². The number of aromatic nitrogens is 1. The summed E-state index contributed by atoms with van der Waals surface area (Å²) in [6.07, 6.45) is 3.78. The molecule has 1 rings (SSSR count). The van der Waals surface area contributed by atoms with Gasteiger partial charge < -0.3 is 14.6 Å². The minimum Gasteiger partial charge on any atom is -0.396 e. The first-order chi connectivity index (χ1) is 9.83. The molecule has 0 atom stereocenters. The van der Waals surface area contributed by atoms with Crippen molar-refractivity contribution in [1.29, 1.82) is 0 Å². The normalized spacial score (nSPS) is 11.6. The minimum atomic E-state index is -3.55. The highest BCUT2D eigenvalue weighted by molar-refractivity contribution is 7.89. The smallest absolute Gasteiger partial charge is 0.270 e. The van der Waals surface area contributed by atoms with Crippen LogP contribution in [-0.4, -0.2) is 56.1 Å². The zero-order valence-corrected chi connectivity index (χ0v) is 13.5. The molecule has 0 aliphatic heterocycles. The Bertz CT molecular complexity index is 580. The van der Waals surface area contributed by atoms with Crippen molar-refractivity contribution in [2.24, 2.45) is 7.05 Å². The first kappa shape index (κ1) is 17.7. The van der Waals surface area contributed by atoms with E-state index in [1.165, 1.54) is 23.9 Å². The topological polar surface area (TPSA) is 91.6 Å². The largest absolute Gasteiger partial charge is 0.396 e. The zero-order chi connectivity index (χ0) is 16.0. The number of nitrogens with one attached hydrogen (secondary N) is 1. The molecule has 0 aliphatic rings. The Morgan fingerprint density at radius 3 is 2.62 bits per heavy atom. The number of aryl methyl sites for hydroxylation is 1. The molecular weight excluding hydrogens is 294 g/mol. The van der Waals surface area contributed by atoms with Gasteiger partial charge in [0.05, 0.1) is 0 Å². The van der Waals surface area contributed by atoms with E-state index in [4.69, 9.17) is 5.11 Å². The van der Waals surface area contributed by atoms with Gasteiger partial charge in [0.1, 0.15) is 10.6 Å². The van der Waals surface area contributed by atoms with E-state index in [0.717, 1.165) is 19.3 Å². The first-order valence-corrected chi connectivity index (χ1v) is 8.28. The van der Waals surface area contributed by atoms with E-state index in [0.29, 0.717) is 12.2 Å². The number of hydrogen-bond donors (Lipinski definition) is 2. The predicted octanol–water partition coefficient (Wildman–Crippen LogP) is 0.168. The number of carbonyl (C=O) groups is 1. The van der Waals surface area contributed by atoms with Gasteiger partial charge in [0.2, 0.25) is 10.0 Å². The van der Waals surface area contributed by atoms with Crippen molar-refractivity contribution < 1.29 is 18.3 Å². The van der Waals surface area contributed by atoms with E-state index in [9.17, 15) is 13.2 Å². The number of hydrogen-bond acceptors (Lipinski definition) is 4. The molecule has 7 nitrogen and oxygen atoms in total. The van der Waals surface area contributed by atoms with Crippen molar-refractivity contribution in [1.82, 2.24) is 14.2 Å². The monoisotopic (exact) mass is 317 g/mol. The molecule has 0 aromatic carbocycles. The van der Waals surface area contributed by atoms with Crippen LogP contribution in [0.3, 0.4) is 0 Å². The van der Waals surface area contributed by atoms with Gasteiger partial charge in [-0.2, -0.15) is 0 Å². The summed E-state index contributed by atoms with van der Waals surface area (Å²) >= 11 is 0. The molecule has 0 spiro atoms. The molecule has 0 bridgehead atoms. The highest BCUT2D eigenvalue weighted by Gasteiger charge is 2.21.